The molecule has 1 fully saturated rings. The summed E-state index contributed by atoms with van der Waals surface area (Å²) in [7, 11) is 0. The highest BCUT2D eigenvalue weighted by atomic mass is 16.5. The lowest BCUT2D eigenvalue weighted by atomic mass is 9.88. The Kier molecular flexibility index (Phi) is 7.20. The van der Waals surface area contributed by atoms with Crippen LogP contribution < -0.4 is 0 Å². The van der Waals surface area contributed by atoms with Gasteiger partial charge in [0.2, 0.25) is 0 Å². The van der Waals surface area contributed by atoms with Crippen LogP contribution in [0.15, 0.2) is 0 Å². The molecule has 6 heteroatoms. The van der Waals surface area contributed by atoms with E-state index in [1.54, 1.807) is 0 Å². The van der Waals surface area contributed by atoms with E-state index in [-0.39, 0.29) is 13.2 Å². The molecule has 0 aliphatic carbocycles. The Morgan fingerprint density at radius 2 is 1.53 bits per heavy atom. The Morgan fingerprint density at radius 3 is 1.95 bits per heavy atom. The Bertz CT molecular complexity index is 245. The van der Waals surface area contributed by atoms with Crippen molar-refractivity contribution in [3.8, 4) is 0 Å². The standard InChI is InChI=1S/C13H27NO5/c1-3-5-14(6-4-2)13-12(18)9(7-15)11(17)10(8-16)19-13/h9-13,15-18H,3-8H2,1-2H3/t9-,10+,11-,12+,13?/m0/s1. The lowest BCUT2D eigenvalue weighted by Gasteiger charge is -2.46. The molecule has 1 rings (SSSR count). The maximum absolute atomic E-state index is 10.3. The number of hydrogen-bond donors (Lipinski definition) is 4. The molecule has 0 aromatic rings. The van der Waals surface area contributed by atoms with Crippen LogP contribution in [-0.4, -0.2) is 76.2 Å². The summed E-state index contributed by atoms with van der Waals surface area (Å²) >= 11 is 0. The summed E-state index contributed by atoms with van der Waals surface area (Å²) in [6.07, 6.45) is -1.52. The summed E-state index contributed by atoms with van der Waals surface area (Å²) in [5, 5.41) is 38.8. The summed E-state index contributed by atoms with van der Waals surface area (Å²) < 4.78 is 5.62. The minimum Gasteiger partial charge on any atom is -0.396 e. The Balaban J connectivity index is 2.84. The van der Waals surface area contributed by atoms with Gasteiger partial charge in [-0.3, -0.25) is 4.90 Å². The second-order valence-electron chi connectivity index (χ2n) is 5.11. The van der Waals surface area contributed by atoms with Crippen LogP contribution in [0, 0.1) is 5.92 Å². The second-order valence-corrected chi connectivity index (χ2v) is 5.11. The predicted molar refractivity (Wildman–Crippen MR) is 70.5 cm³/mol. The van der Waals surface area contributed by atoms with Crippen molar-refractivity contribution in [3.63, 3.8) is 0 Å². The molecule has 1 aliphatic heterocycles. The monoisotopic (exact) mass is 277 g/mol. The van der Waals surface area contributed by atoms with Crippen molar-refractivity contribution < 1.29 is 25.2 Å². The van der Waals surface area contributed by atoms with Crippen LogP contribution in [0.3, 0.4) is 0 Å². The topological polar surface area (TPSA) is 93.4 Å². The molecule has 5 atom stereocenters. The van der Waals surface area contributed by atoms with Gasteiger partial charge in [0, 0.05) is 19.0 Å². The third-order valence-corrected chi connectivity index (χ3v) is 3.64. The number of hydrogen-bond acceptors (Lipinski definition) is 6. The fourth-order valence-electron chi connectivity index (χ4n) is 2.64. The van der Waals surface area contributed by atoms with E-state index in [9.17, 15) is 20.4 Å². The number of aliphatic hydroxyl groups excluding tert-OH is 4. The lowest BCUT2D eigenvalue weighted by molar-refractivity contribution is -0.254. The molecule has 0 bridgehead atoms. The van der Waals surface area contributed by atoms with Crippen LogP contribution >= 0.6 is 0 Å². The van der Waals surface area contributed by atoms with Gasteiger partial charge in [-0.15, -0.1) is 0 Å². The molecule has 0 spiro atoms. The van der Waals surface area contributed by atoms with Gasteiger partial charge in [-0.25, -0.2) is 0 Å². The molecule has 4 N–H and O–H groups in total. The van der Waals surface area contributed by atoms with Crippen molar-refractivity contribution in [2.45, 2.75) is 51.2 Å². The second kappa shape index (κ2) is 8.14. The van der Waals surface area contributed by atoms with Crippen molar-refractivity contribution >= 4 is 0 Å². The molecule has 1 unspecified atom stereocenters. The third kappa shape index (κ3) is 3.87. The SMILES string of the molecule is CCCN(CCC)C1O[C@H](CO)[C@@H](O)[C@H](CO)[C@H]1O. The van der Waals surface area contributed by atoms with E-state index in [1.807, 2.05) is 18.7 Å². The fourth-order valence-corrected chi connectivity index (χ4v) is 2.64. The Morgan fingerprint density at radius 1 is 0.947 bits per heavy atom. The first-order valence-electron chi connectivity index (χ1n) is 7.07. The van der Waals surface area contributed by atoms with Crippen LogP contribution in [0.1, 0.15) is 26.7 Å². The van der Waals surface area contributed by atoms with Gasteiger partial charge in [0.05, 0.1) is 19.3 Å². The average molecular weight is 277 g/mol. The van der Waals surface area contributed by atoms with Crippen molar-refractivity contribution in [1.29, 1.82) is 0 Å². The molecule has 1 heterocycles. The highest BCUT2D eigenvalue weighted by Gasteiger charge is 2.45. The first-order chi connectivity index (χ1) is 9.10. The van der Waals surface area contributed by atoms with Crippen molar-refractivity contribution in [3.05, 3.63) is 0 Å². The van der Waals surface area contributed by atoms with Gasteiger partial charge < -0.3 is 25.2 Å². The maximum Gasteiger partial charge on any atom is 0.137 e. The van der Waals surface area contributed by atoms with Crippen LogP contribution in [0.4, 0.5) is 0 Å². The maximum atomic E-state index is 10.3. The smallest absolute Gasteiger partial charge is 0.137 e. The molecule has 0 amide bonds. The van der Waals surface area contributed by atoms with E-state index in [2.05, 4.69) is 0 Å². The van der Waals surface area contributed by atoms with E-state index in [1.165, 1.54) is 0 Å². The molecule has 1 saturated heterocycles. The van der Waals surface area contributed by atoms with Gasteiger partial charge in [0.15, 0.2) is 0 Å². The van der Waals surface area contributed by atoms with Crippen LogP contribution in [0.2, 0.25) is 0 Å². The summed E-state index contributed by atoms with van der Waals surface area (Å²) in [6.45, 7) is 4.96. The van der Waals surface area contributed by atoms with E-state index in [0.29, 0.717) is 0 Å². The first-order valence-corrected chi connectivity index (χ1v) is 7.07. The van der Waals surface area contributed by atoms with E-state index in [0.717, 1.165) is 25.9 Å². The number of nitrogens with zero attached hydrogens (tertiary/aromatic N) is 1. The minimum absolute atomic E-state index is 0.326. The normalized spacial score (nSPS) is 35.8. The molecule has 0 radical (unpaired) electrons. The number of rotatable bonds is 7. The van der Waals surface area contributed by atoms with Crippen LogP contribution in [0.5, 0.6) is 0 Å². The van der Waals surface area contributed by atoms with Gasteiger partial charge >= 0.3 is 0 Å². The number of ether oxygens (including phenoxy) is 1. The van der Waals surface area contributed by atoms with E-state index < -0.39 is 30.5 Å². The molecule has 6 nitrogen and oxygen atoms in total. The van der Waals surface area contributed by atoms with Crippen LogP contribution in [-0.2, 0) is 4.74 Å². The van der Waals surface area contributed by atoms with Gasteiger partial charge in [-0.2, -0.15) is 0 Å². The van der Waals surface area contributed by atoms with E-state index >= 15 is 0 Å². The molecule has 0 saturated carbocycles. The lowest BCUT2D eigenvalue weighted by Crippen LogP contribution is -2.61. The number of aliphatic hydroxyl groups is 4. The molecule has 1 aliphatic rings. The highest BCUT2D eigenvalue weighted by Crippen LogP contribution is 2.28. The van der Waals surface area contributed by atoms with Gasteiger partial charge in [-0.1, -0.05) is 13.8 Å². The van der Waals surface area contributed by atoms with Gasteiger partial charge in [0.25, 0.3) is 0 Å². The minimum atomic E-state index is -1.05. The molecule has 114 valence electrons. The van der Waals surface area contributed by atoms with Crippen molar-refractivity contribution in [2.75, 3.05) is 26.3 Å². The summed E-state index contributed by atoms with van der Waals surface area (Å²) in [5.74, 6) is -0.688. The van der Waals surface area contributed by atoms with Crippen molar-refractivity contribution in [1.82, 2.24) is 4.90 Å². The first kappa shape index (κ1) is 16.8. The average Bonchev–Trinajstić information content (AvgIpc) is 2.39. The summed E-state index contributed by atoms with van der Waals surface area (Å²) in [4.78, 5) is 2.00. The third-order valence-electron chi connectivity index (χ3n) is 3.64. The zero-order chi connectivity index (χ0) is 14.4. The van der Waals surface area contributed by atoms with Gasteiger partial charge in [-0.05, 0) is 12.8 Å². The zero-order valence-electron chi connectivity index (χ0n) is 11.8. The highest BCUT2D eigenvalue weighted by molar-refractivity contribution is 4.91. The zero-order valence-corrected chi connectivity index (χ0v) is 11.8. The Labute approximate surface area is 114 Å². The molecule has 0 aromatic carbocycles. The molecular weight excluding hydrogens is 250 g/mol. The quantitative estimate of drug-likeness (QED) is 0.485. The molecular formula is C13H27NO5. The van der Waals surface area contributed by atoms with Crippen molar-refractivity contribution in [2.24, 2.45) is 5.92 Å². The summed E-state index contributed by atoms with van der Waals surface area (Å²) in [6, 6.07) is 0. The van der Waals surface area contributed by atoms with Crippen LogP contribution in [0.25, 0.3) is 0 Å². The largest absolute Gasteiger partial charge is 0.396 e. The van der Waals surface area contributed by atoms with Gasteiger partial charge in [0.1, 0.15) is 18.4 Å². The molecule has 0 aromatic heterocycles. The summed E-state index contributed by atoms with van der Waals surface area (Å²) in [5.41, 5.74) is 0. The van der Waals surface area contributed by atoms with E-state index in [4.69, 9.17) is 4.74 Å². The molecule has 19 heavy (non-hydrogen) atoms. The fraction of sp³-hybridized carbons (Fsp3) is 1.00. The predicted octanol–water partition coefficient (Wildman–Crippen LogP) is -0.844. The Hall–Kier alpha value is -0.240.